The lowest BCUT2D eigenvalue weighted by Gasteiger charge is -2.51. The lowest BCUT2D eigenvalue weighted by Crippen LogP contribution is -2.65. The van der Waals surface area contributed by atoms with E-state index in [1.165, 1.54) is 6.08 Å². The van der Waals surface area contributed by atoms with Crippen LogP contribution in [0.1, 0.15) is 46.9 Å². The number of hydrogen-bond acceptors (Lipinski definition) is 8. The van der Waals surface area contributed by atoms with Crippen molar-refractivity contribution in [2.24, 2.45) is 0 Å². The van der Waals surface area contributed by atoms with Gasteiger partial charge in [0.1, 0.15) is 18.3 Å². The number of fused-ring (bicyclic) bond motifs is 6. The Labute approximate surface area is 265 Å². The van der Waals surface area contributed by atoms with Crippen molar-refractivity contribution >= 4 is 34.8 Å². The highest BCUT2D eigenvalue weighted by atomic mass is 16.5. The Hall–Kier alpha value is -4.12. The molecule has 0 aliphatic carbocycles. The zero-order valence-electron chi connectivity index (χ0n) is 26.8. The number of amides is 3. The highest BCUT2D eigenvalue weighted by Gasteiger charge is 2.47. The smallest absolute Gasteiger partial charge is 0.255 e. The number of likely N-dealkylation sites (N-methyl/N-ethyl adjacent to an activating group) is 3. The third kappa shape index (κ3) is 4.83. The summed E-state index contributed by atoms with van der Waals surface area (Å²) in [5, 5.41) is 0. The molecular weight excluding hydrogens is 570 g/mol. The molecule has 5 aliphatic rings. The van der Waals surface area contributed by atoms with Crippen LogP contribution in [0.2, 0.25) is 0 Å². The number of nitrogens with zero attached hydrogens (tertiary/aromatic N) is 7. The van der Waals surface area contributed by atoms with Gasteiger partial charge in [-0.3, -0.25) is 14.4 Å². The fourth-order valence-electron chi connectivity index (χ4n) is 7.88. The van der Waals surface area contributed by atoms with Crippen LogP contribution in [0.4, 0.5) is 17.1 Å². The van der Waals surface area contributed by atoms with Crippen molar-refractivity contribution in [2.45, 2.75) is 57.3 Å². The van der Waals surface area contributed by atoms with Gasteiger partial charge in [-0.2, -0.15) is 0 Å². The second kappa shape index (κ2) is 11.3. The van der Waals surface area contributed by atoms with Gasteiger partial charge in [-0.15, -0.1) is 0 Å². The first kappa shape index (κ1) is 29.6. The molecule has 6 heterocycles. The highest BCUT2D eigenvalue weighted by Crippen LogP contribution is 2.48. The number of rotatable bonds is 5. The number of hydrogen-bond donors (Lipinski definition) is 0. The van der Waals surface area contributed by atoms with E-state index in [4.69, 9.17) is 9.72 Å². The van der Waals surface area contributed by atoms with Crippen LogP contribution in [0, 0.1) is 0 Å². The minimum Gasteiger partial charge on any atom is -0.474 e. The van der Waals surface area contributed by atoms with Crippen molar-refractivity contribution in [3.05, 3.63) is 53.2 Å². The number of anilines is 3. The maximum atomic E-state index is 13.9. The molecule has 5 aliphatic heterocycles. The molecular formula is C34H43N7O4. The Morgan fingerprint density at radius 2 is 1.91 bits per heavy atom. The lowest BCUT2D eigenvalue weighted by molar-refractivity contribution is -0.130. The second-order valence-corrected chi connectivity index (χ2v) is 13.2. The van der Waals surface area contributed by atoms with E-state index >= 15 is 0 Å². The van der Waals surface area contributed by atoms with Gasteiger partial charge < -0.3 is 34.1 Å². The molecule has 1 aromatic heterocycles. The number of piperazine rings is 1. The number of carbonyl (C=O) groups is 3. The number of aromatic nitrogens is 1. The number of likely N-dealkylation sites (tertiary alicyclic amines) is 1. The van der Waals surface area contributed by atoms with Gasteiger partial charge in [0.25, 0.3) is 11.8 Å². The summed E-state index contributed by atoms with van der Waals surface area (Å²) in [7, 11) is 5.79. The number of pyridine rings is 1. The standard InChI is InChI=1S/C34H43N7O4/c1-6-28(42)40-19-27-33(43)38(5)31-30(41(27)17-21(40)2)24-13-16-39(26-11-7-9-22-12-15-37(4)34(44)29(22)26)18-25(24)35-32(31)45-20-23-10-8-14-36(23)3/h6-7,9,11,21,23,27H,1,8,10,12-20H2,2-5H3/t21-,23+,27-/m1/s1. The van der Waals surface area contributed by atoms with Crippen molar-refractivity contribution < 1.29 is 19.1 Å². The van der Waals surface area contributed by atoms with E-state index < -0.39 is 6.04 Å². The summed E-state index contributed by atoms with van der Waals surface area (Å²) in [6.07, 6.45) is 5.07. The fraction of sp³-hybridized carbons (Fsp3) is 0.529. The zero-order chi connectivity index (χ0) is 31.6. The fourth-order valence-corrected chi connectivity index (χ4v) is 7.88. The highest BCUT2D eigenvalue weighted by molar-refractivity contribution is 6.08. The normalized spacial score (nSPS) is 24.7. The molecule has 1 aromatic carbocycles. The quantitative estimate of drug-likeness (QED) is 0.475. The van der Waals surface area contributed by atoms with Gasteiger partial charge in [-0.25, -0.2) is 4.98 Å². The average Bonchev–Trinajstić information content (AvgIpc) is 3.46. The van der Waals surface area contributed by atoms with E-state index in [1.54, 1.807) is 21.7 Å². The van der Waals surface area contributed by atoms with Crippen LogP contribution in [0.5, 0.6) is 5.88 Å². The Morgan fingerprint density at radius 1 is 1.09 bits per heavy atom. The monoisotopic (exact) mass is 613 g/mol. The lowest BCUT2D eigenvalue weighted by atomic mass is 9.92. The van der Waals surface area contributed by atoms with Crippen molar-refractivity contribution in [1.82, 2.24) is 19.7 Å². The Bertz CT molecular complexity index is 1580. The van der Waals surface area contributed by atoms with Crippen LogP contribution in [-0.2, 0) is 29.0 Å². The summed E-state index contributed by atoms with van der Waals surface area (Å²) in [5.74, 6) is 0.303. The second-order valence-electron chi connectivity index (χ2n) is 13.2. The summed E-state index contributed by atoms with van der Waals surface area (Å²) in [6, 6.07) is 5.84. The summed E-state index contributed by atoms with van der Waals surface area (Å²) in [4.78, 5) is 57.2. The van der Waals surface area contributed by atoms with Gasteiger partial charge in [0.05, 0.1) is 35.7 Å². The molecule has 45 heavy (non-hydrogen) atoms. The summed E-state index contributed by atoms with van der Waals surface area (Å²) in [5.41, 5.74) is 6.55. The van der Waals surface area contributed by atoms with Gasteiger partial charge in [-0.1, -0.05) is 18.7 Å². The molecule has 3 amide bonds. The van der Waals surface area contributed by atoms with Gasteiger partial charge in [0, 0.05) is 51.4 Å². The largest absolute Gasteiger partial charge is 0.474 e. The van der Waals surface area contributed by atoms with Gasteiger partial charge in [-0.05, 0) is 63.9 Å². The summed E-state index contributed by atoms with van der Waals surface area (Å²) < 4.78 is 6.56. The van der Waals surface area contributed by atoms with E-state index in [-0.39, 0.29) is 23.8 Å². The topological polar surface area (TPSA) is 92.8 Å². The summed E-state index contributed by atoms with van der Waals surface area (Å²) >= 11 is 0. The molecule has 0 saturated carbocycles. The van der Waals surface area contributed by atoms with Crippen LogP contribution >= 0.6 is 0 Å². The van der Waals surface area contributed by atoms with Crippen LogP contribution in [0.25, 0.3) is 0 Å². The van der Waals surface area contributed by atoms with E-state index in [9.17, 15) is 14.4 Å². The number of ether oxygens (including phenoxy) is 1. The molecule has 2 saturated heterocycles. The SMILES string of the molecule is C=CC(=O)N1C[C@@H]2C(=O)N(C)c3c(OC[C@@H]4CCCN4C)nc4c(c3N2C[C@H]1C)CCN(c1cccc2c1C(=O)N(C)CC2)C4. The van der Waals surface area contributed by atoms with Gasteiger partial charge >= 0.3 is 0 Å². The molecule has 0 spiro atoms. The van der Waals surface area contributed by atoms with Gasteiger partial charge in [0.15, 0.2) is 0 Å². The molecule has 11 nitrogen and oxygen atoms in total. The number of carbonyl (C=O) groups excluding carboxylic acids is 3. The number of benzene rings is 1. The minimum atomic E-state index is -0.504. The Kier molecular flexibility index (Phi) is 7.46. The van der Waals surface area contributed by atoms with E-state index in [1.807, 2.05) is 26.1 Å². The molecule has 0 radical (unpaired) electrons. The first-order valence-electron chi connectivity index (χ1n) is 16.2. The Balaban J connectivity index is 1.31. The zero-order valence-corrected chi connectivity index (χ0v) is 26.8. The molecule has 238 valence electrons. The predicted molar refractivity (Wildman–Crippen MR) is 173 cm³/mol. The molecule has 0 bridgehead atoms. The molecule has 2 fully saturated rings. The molecule has 0 unspecified atom stereocenters. The molecule has 2 aromatic rings. The maximum absolute atomic E-state index is 13.9. The van der Waals surface area contributed by atoms with Crippen LogP contribution in [0.3, 0.4) is 0 Å². The molecule has 3 atom stereocenters. The third-order valence-corrected chi connectivity index (χ3v) is 10.5. The van der Waals surface area contributed by atoms with E-state index in [0.29, 0.717) is 56.8 Å². The van der Waals surface area contributed by atoms with E-state index in [2.05, 4.69) is 34.4 Å². The molecule has 0 N–H and O–H groups in total. The summed E-state index contributed by atoms with van der Waals surface area (Å²) in [6.45, 7) is 10.0. The van der Waals surface area contributed by atoms with Crippen LogP contribution in [0.15, 0.2) is 30.9 Å². The van der Waals surface area contributed by atoms with Gasteiger partial charge in [0.2, 0.25) is 11.8 Å². The first-order chi connectivity index (χ1) is 21.7. The van der Waals surface area contributed by atoms with Crippen molar-refractivity contribution in [1.29, 1.82) is 0 Å². The van der Waals surface area contributed by atoms with Crippen molar-refractivity contribution in [3.63, 3.8) is 0 Å². The maximum Gasteiger partial charge on any atom is 0.255 e. The third-order valence-electron chi connectivity index (χ3n) is 10.5. The van der Waals surface area contributed by atoms with Crippen molar-refractivity contribution in [3.8, 4) is 5.88 Å². The van der Waals surface area contributed by atoms with Crippen molar-refractivity contribution in [2.75, 3.05) is 75.2 Å². The Morgan fingerprint density at radius 3 is 2.67 bits per heavy atom. The predicted octanol–water partition coefficient (Wildman–Crippen LogP) is 2.31. The van der Waals surface area contributed by atoms with E-state index in [0.717, 1.165) is 66.1 Å². The first-order valence-corrected chi connectivity index (χ1v) is 16.2. The minimum absolute atomic E-state index is 0.0599. The van der Waals surface area contributed by atoms with Crippen LogP contribution in [-0.4, -0.2) is 116 Å². The molecule has 11 heteroatoms. The average molecular weight is 614 g/mol. The van der Waals surface area contributed by atoms with Crippen LogP contribution < -0.4 is 19.4 Å². The molecule has 7 rings (SSSR count).